The van der Waals surface area contributed by atoms with Crippen LogP contribution in [0.1, 0.15) is 109 Å². The summed E-state index contributed by atoms with van der Waals surface area (Å²) in [5, 5.41) is 0. The minimum atomic E-state index is -5.97. The van der Waals surface area contributed by atoms with Crippen LogP contribution in [0, 0.1) is 21.7 Å². The van der Waals surface area contributed by atoms with Gasteiger partial charge < -0.3 is 27.9 Å². The molecule has 1 fully saturated rings. The molecule has 0 aromatic carbocycles. The largest absolute Gasteiger partial charge is 0.534 e. The van der Waals surface area contributed by atoms with E-state index in [9.17, 15) is 40.8 Å². The van der Waals surface area contributed by atoms with Crippen LogP contribution in [-0.2, 0) is 57.2 Å². The molecule has 0 aliphatic carbocycles. The summed E-state index contributed by atoms with van der Waals surface area (Å²) >= 11 is 0. The molecule has 52 heavy (non-hydrogen) atoms. The van der Waals surface area contributed by atoms with Gasteiger partial charge in [0.05, 0.1) is 21.7 Å². The third-order valence-electron chi connectivity index (χ3n) is 8.05. The molecule has 0 amide bonds. The number of hydrogen-bond acceptors (Lipinski definition) is 13. The first-order valence-electron chi connectivity index (χ1n) is 17.2. The second kappa shape index (κ2) is 16.2. The number of nitrogens with zero attached hydrogens (tertiary/aromatic N) is 1. The quantitative estimate of drug-likeness (QED) is 0.114. The van der Waals surface area contributed by atoms with Gasteiger partial charge in [-0.05, 0) is 95.6 Å². The van der Waals surface area contributed by atoms with Gasteiger partial charge in [0, 0.05) is 19.0 Å². The summed E-state index contributed by atoms with van der Waals surface area (Å²) in [7, 11) is -5.97. The van der Waals surface area contributed by atoms with Gasteiger partial charge >= 0.3 is 39.5 Å². The zero-order valence-electron chi connectivity index (χ0n) is 32.5. The molecular formula is C35H56F3NO12S. The molecule has 0 radical (unpaired) electrons. The maximum atomic E-state index is 13.6. The second-order valence-corrected chi connectivity index (χ2v) is 18.8. The number of halogens is 3. The summed E-state index contributed by atoms with van der Waals surface area (Å²) in [6, 6.07) is -0.750. The third kappa shape index (κ3) is 11.8. The van der Waals surface area contributed by atoms with Crippen LogP contribution in [0.2, 0.25) is 0 Å². The van der Waals surface area contributed by atoms with Gasteiger partial charge in [-0.1, -0.05) is 13.3 Å². The number of hydrogen-bond donors (Lipinski definition) is 0. The summed E-state index contributed by atoms with van der Waals surface area (Å²) in [6.07, 6.45) is -5.64. The Morgan fingerprint density at radius 3 is 1.62 bits per heavy atom. The number of rotatable bonds is 10. The molecule has 2 aliphatic heterocycles. The molecule has 300 valence electrons. The van der Waals surface area contributed by atoms with Gasteiger partial charge in [0.15, 0.2) is 24.5 Å². The first-order chi connectivity index (χ1) is 23.3. The minimum absolute atomic E-state index is 0.261. The lowest BCUT2D eigenvalue weighted by atomic mass is 9.91. The van der Waals surface area contributed by atoms with Gasteiger partial charge in [0.25, 0.3) is 0 Å². The van der Waals surface area contributed by atoms with Crippen molar-refractivity contribution in [2.45, 2.75) is 151 Å². The molecule has 2 heterocycles. The summed E-state index contributed by atoms with van der Waals surface area (Å²) in [5.41, 5.74) is -9.89. The standard InChI is InChI=1S/C35H56F3NO12S/c1-14-15-20-18-21(51-52(44,45)35(36,37)38)16-17-39(20)26-25(50-30(43)34(11,12)13)24(49-29(42)33(8,9)10)23(48-28(41)32(5,6)7)22(47-26)19-46-27(40)31(2,3)4/h16,20,22-26H,14-15,17-19H2,1-13H3/t20-,22-,23+,24+,25-,26-/m1/s1. The lowest BCUT2D eigenvalue weighted by molar-refractivity contribution is -0.287. The van der Waals surface area contributed by atoms with Crippen LogP contribution >= 0.6 is 0 Å². The van der Waals surface area contributed by atoms with E-state index in [0.717, 1.165) is 6.08 Å². The molecule has 13 nitrogen and oxygen atoms in total. The Bertz CT molecular complexity index is 1450. The minimum Gasteiger partial charge on any atom is -0.462 e. The van der Waals surface area contributed by atoms with E-state index in [1.165, 1.54) is 0 Å². The highest BCUT2D eigenvalue weighted by Crippen LogP contribution is 2.38. The number of carbonyl (C=O) groups is 4. The Kier molecular flexibility index (Phi) is 14.1. The van der Waals surface area contributed by atoms with Gasteiger partial charge in [-0.3, -0.25) is 24.1 Å². The van der Waals surface area contributed by atoms with E-state index >= 15 is 0 Å². The lowest BCUT2D eigenvalue weighted by Crippen LogP contribution is -2.68. The van der Waals surface area contributed by atoms with Crippen molar-refractivity contribution in [2.24, 2.45) is 21.7 Å². The summed E-state index contributed by atoms with van der Waals surface area (Å²) in [6.45, 7) is 20.2. The number of carbonyl (C=O) groups excluding carboxylic acids is 4. The molecule has 17 heteroatoms. The molecule has 2 rings (SSSR count). The molecule has 0 aromatic heterocycles. The van der Waals surface area contributed by atoms with Crippen LogP contribution < -0.4 is 0 Å². The molecule has 1 saturated heterocycles. The van der Waals surface area contributed by atoms with E-state index < -0.39 is 110 Å². The Labute approximate surface area is 305 Å². The lowest BCUT2D eigenvalue weighted by Gasteiger charge is -2.51. The van der Waals surface area contributed by atoms with Crippen molar-refractivity contribution in [1.29, 1.82) is 0 Å². The Morgan fingerprint density at radius 1 is 0.750 bits per heavy atom. The highest BCUT2D eigenvalue weighted by Gasteiger charge is 2.57. The van der Waals surface area contributed by atoms with Gasteiger partial charge in [-0.25, -0.2) is 0 Å². The van der Waals surface area contributed by atoms with E-state index in [0.29, 0.717) is 6.42 Å². The molecule has 6 atom stereocenters. The van der Waals surface area contributed by atoms with Gasteiger partial charge in [0.1, 0.15) is 18.5 Å². The van der Waals surface area contributed by atoms with Crippen LogP contribution in [0.4, 0.5) is 13.2 Å². The molecule has 0 N–H and O–H groups in total. The maximum Gasteiger partial charge on any atom is 0.534 e. The first kappa shape index (κ1) is 45.2. The Morgan fingerprint density at radius 2 is 1.19 bits per heavy atom. The average molecular weight is 772 g/mol. The Hall–Kier alpha value is -2.92. The SMILES string of the molecule is CCC[C@@H]1CC(OS(=O)(=O)C(F)(F)F)=CCN1[C@@H]1O[C@H](COC(=O)C(C)(C)C)[C@H](OC(=O)C(C)(C)C)[C@H](OC(=O)C(C)(C)C)[C@H]1OC(=O)C(C)(C)C. The number of esters is 4. The highest BCUT2D eigenvalue weighted by atomic mass is 32.2. The second-order valence-electron chi connectivity index (χ2n) is 17.3. The van der Waals surface area contributed by atoms with Crippen LogP contribution in [0.3, 0.4) is 0 Å². The van der Waals surface area contributed by atoms with Crippen molar-refractivity contribution in [3.8, 4) is 0 Å². The fourth-order valence-electron chi connectivity index (χ4n) is 4.93. The van der Waals surface area contributed by atoms with Gasteiger partial charge in [-0.2, -0.15) is 21.6 Å². The first-order valence-corrected chi connectivity index (χ1v) is 18.6. The van der Waals surface area contributed by atoms with E-state index in [1.807, 2.05) is 0 Å². The predicted molar refractivity (Wildman–Crippen MR) is 181 cm³/mol. The maximum absolute atomic E-state index is 13.6. The summed E-state index contributed by atoms with van der Waals surface area (Å²) in [5.74, 6) is -3.32. The van der Waals surface area contributed by atoms with Crippen molar-refractivity contribution in [3.63, 3.8) is 0 Å². The van der Waals surface area contributed by atoms with Crippen LogP contribution in [0.5, 0.6) is 0 Å². The van der Waals surface area contributed by atoms with Crippen molar-refractivity contribution in [1.82, 2.24) is 4.90 Å². The third-order valence-corrected chi connectivity index (χ3v) is 9.05. The fourth-order valence-corrected chi connectivity index (χ4v) is 5.44. The Balaban J connectivity index is 2.85. The molecule has 0 spiro atoms. The topological polar surface area (TPSA) is 161 Å². The fraction of sp³-hybridized carbons (Fsp3) is 0.829. The molecule has 0 unspecified atom stereocenters. The predicted octanol–water partition coefficient (Wildman–Crippen LogP) is 5.80. The average Bonchev–Trinajstić information content (AvgIpc) is 2.95. The monoisotopic (exact) mass is 771 g/mol. The zero-order valence-corrected chi connectivity index (χ0v) is 33.3. The molecule has 2 aliphatic rings. The van der Waals surface area contributed by atoms with E-state index in [4.69, 9.17) is 23.7 Å². The molecule has 0 aromatic rings. The van der Waals surface area contributed by atoms with Crippen LogP contribution in [0.15, 0.2) is 11.8 Å². The van der Waals surface area contributed by atoms with Crippen LogP contribution in [0.25, 0.3) is 0 Å². The molecular weight excluding hydrogens is 715 g/mol. The van der Waals surface area contributed by atoms with E-state index in [2.05, 4.69) is 4.18 Å². The van der Waals surface area contributed by atoms with Crippen molar-refractivity contribution in [2.75, 3.05) is 13.2 Å². The molecule has 0 bridgehead atoms. The normalized spacial score (nSPS) is 25.4. The van der Waals surface area contributed by atoms with E-state index in [1.54, 1.807) is 94.9 Å². The van der Waals surface area contributed by atoms with Crippen LogP contribution in [-0.4, -0.2) is 92.5 Å². The molecule has 0 saturated carbocycles. The van der Waals surface area contributed by atoms with E-state index in [-0.39, 0.29) is 19.4 Å². The van der Waals surface area contributed by atoms with Gasteiger partial charge in [0.2, 0.25) is 0 Å². The number of ether oxygens (including phenoxy) is 5. The van der Waals surface area contributed by atoms with Crippen molar-refractivity contribution in [3.05, 3.63) is 11.8 Å². The smallest absolute Gasteiger partial charge is 0.462 e. The van der Waals surface area contributed by atoms with Crippen molar-refractivity contribution < 1.29 is 68.6 Å². The highest BCUT2D eigenvalue weighted by molar-refractivity contribution is 7.87. The zero-order chi connectivity index (χ0) is 40.4. The summed E-state index contributed by atoms with van der Waals surface area (Å²) < 4.78 is 98.2. The van der Waals surface area contributed by atoms with Gasteiger partial charge in [-0.15, -0.1) is 0 Å². The van der Waals surface area contributed by atoms with Crippen molar-refractivity contribution >= 4 is 34.0 Å². The summed E-state index contributed by atoms with van der Waals surface area (Å²) in [4.78, 5) is 55.2. The number of alkyl halides is 3.